The summed E-state index contributed by atoms with van der Waals surface area (Å²) >= 11 is 5.74. The third-order valence-corrected chi connectivity index (χ3v) is 3.76. The van der Waals surface area contributed by atoms with Crippen LogP contribution in [0.5, 0.6) is 0 Å². The van der Waals surface area contributed by atoms with Crippen molar-refractivity contribution in [3.05, 3.63) is 47.1 Å². The largest absolute Gasteiger partial charge is 0.480 e. The fraction of sp³-hybridized carbons (Fsp3) is 0.214. The van der Waals surface area contributed by atoms with Gasteiger partial charge >= 0.3 is 5.97 Å². The fourth-order valence-corrected chi connectivity index (χ4v) is 2.76. The van der Waals surface area contributed by atoms with Crippen molar-refractivity contribution in [3.8, 4) is 0 Å². The number of halogens is 1. The maximum absolute atomic E-state index is 11.6. The number of hydrogen-bond acceptors (Lipinski definition) is 4. The number of nitrogens with zero attached hydrogens (tertiary/aromatic N) is 3. The molecule has 0 fully saturated rings. The van der Waals surface area contributed by atoms with Gasteiger partial charge in [-0.2, -0.15) is 0 Å². The summed E-state index contributed by atoms with van der Waals surface area (Å²) in [7, 11) is 0. The summed E-state index contributed by atoms with van der Waals surface area (Å²) in [6, 6.07) is 10.2. The average Bonchev–Trinajstić information content (AvgIpc) is 2.74. The highest BCUT2D eigenvalue weighted by Crippen LogP contribution is 2.44. The Morgan fingerprint density at radius 2 is 2.00 bits per heavy atom. The van der Waals surface area contributed by atoms with Crippen molar-refractivity contribution in [1.82, 2.24) is 10.2 Å². The van der Waals surface area contributed by atoms with Gasteiger partial charge in [0.1, 0.15) is 6.04 Å². The first-order chi connectivity index (χ1) is 9.59. The summed E-state index contributed by atoms with van der Waals surface area (Å²) in [6.07, 6.45) is 0. The van der Waals surface area contributed by atoms with E-state index in [1.807, 2.05) is 31.2 Å². The molecule has 102 valence electrons. The zero-order valence-electron chi connectivity index (χ0n) is 10.7. The number of carbonyl (C=O) groups is 1. The molecular weight excluding hydrogens is 278 g/mol. The Morgan fingerprint density at radius 1 is 1.25 bits per heavy atom. The molecule has 2 aromatic rings. The Hall–Kier alpha value is -2.14. The quantitative estimate of drug-likeness (QED) is 0.921. The molecule has 1 aromatic carbocycles. The van der Waals surface area contributed by atoms with Crippen LogP contribution >= 0.6 is 11.6 Å². The minimum absolute atomic E-state index is 0.124. The molecule has 1 N–H and O–H groups in total. The minimum atomic E-state index is -0.884. The smallest absolute Gasteiger partial charge is 0.327 e. The van der Waals surface area contributed by atoms with Gasteiger partial charge in [0, 0.05) is 11.6 Å². The second-order valence-electron chi connectivity index (χ2n) is 4.71. The van der Waals surface area contributed by atoms with Crippen molar-refractivity contribution >= 4 is 29.1 Å². The number of anilines is 2. The van der Waals surface area contributed by atoms with Crippen LogP contribution in [0.4, 0.5) is 11.5 Å². The lowest BCUT2D eigenvalue weighted by Crippen LogP contribution is -2.37. The van der Waals surface area contributed by atoms with E-state index in [1.54, 1.807) is 17.0 Å². The SMILES string of the molecule is CC1c2ccccc2N(c2ccc(Cl)nn2)C1C(=O)O. The molecule has 2 unspecified atom stereocenters. The molecule has 0 radical (unpaired) electrons. The molecule has 5 nitrogen and oxygen atoms in total. The third-order valence-electron chi connectivity index (χ3n) is 3.56. The van der Waals surface area contributed by atoms with Gasteiger partial charge in [0.15, 0.2) is 11.0 Å². The van der Waals surface area contributed by atoms with E-state index < -0.39 is 12.0 Å². The number of fused-ring (bicyclic) bond motifs is 1. The maximum Gasteiger partial charge on any atom is 0.327 e. The molecule has 6 heteroatoms. The summed E-state index contributed by atoms with van der Waals surface area (Å²) in [6.45, 7) is 1.90. The standard InChI is InChI=1S/C14H12ClN3O2/c1-8-9-4-2-3-5-10(9)18(13(8)14(19)20)12-7-6-11(15)16-17-12/h2-8,13H,1H3,(H,19,20). The zero-order chi connectivity index (χ0) is 14.3. The molecule has 2 heterocycles. The number of carboxylic acid groups (broad SMARTS) is 1. The van der Waals surface area contributed by atoms with Crippen LogP contribution in [0.15, 0.2) is 36.4 Å². The number of hydrogen-bond donors (Lipinski definition) is 1. The number of carboxylic acids is 1. The van der Waals surface area contributed by atoms with Crippen LogP contribution in [0.3, 0.4) is 0 Å². The van der Waals surface area contributed by atoms with Gasteiger partial charge in [-0.1, -0.05) is 36.7 Å². The molecule has 0 amide bonds. The molecule has 0 bridgehead atoms. The lowest BCUT2D eigenvalue weighted by atomic mass is 9.97. The van der Waals surface area contributed by atoms with Crippen LogP contribution in [0.25, 0.3) is 0 Å². The number of para-hydroxylation sites is 1. The van der Waals surface area contributed by atoms with E-state index in [-0.39, 0.29) is 11.1 Å². The Labute approximate surface area is 120 Å². The van der Waals surface area contributed by atoms with E-state index in [1.165, 1.54) is 0 Å². The van der Waals surface area contributed by atoms with E-state index in [0.717, 1.165) is 11.3 Å². The van der Waals surface area contributed by atoms with E-state index in [9.17, 15) is 9.90 Å². The molecule has 0 spiro atoms. The average molecular weight is 290 g/mol. The van der Waals surface area contributed by atoms with Crippen LogP contribution < -0.4 is 4.90 Å². The highest BCUT2D eigenvalue weighted by Gasteiger charge is 2.41. The Kier molecular flexibility index (Phi) is 3.06. The Morgan fingerprint density at radius 3 is 2.65 bits per heavy atom. The summed E-state index contributed by atoms with van der Waals surface area (Å²) in [5.74, 6) is -0.523. The molecule has 1 aromatic heterocycles. The number of rotatable bonds is 2. The van der Waals surface area contributed by atoms with Crippen molar-refractivity contribution in [2.75, 3.05) is 4.90 Å². The van der Waals surface area contributed by atoms with Crippen LogP contribution in [0, 0.1) is 0 Å². The molecule has 20 heavy (non-hydrogen) atoms. The second kappa shape index (κ2) is 4.76. The van der Waals surface area contributed by atoms with Crippen molar-refractivity contribution in [1.29, 1.82) is 0 Å². The third kappa shape index (κ3) is 1.91. The predicted octanol–water partition coefficient (Wildman–Crippen LogP) is 2.84. The molecular formula is C14H12ClN3O2. The topological polar surface area (TPSA) is 66.3 Å². The fourth-order valence-electron chi connectivity index (χ4n) is 2.66. The van der Waals surface area contributed by atoms with E-state index in [4.69, 9.17) is 11.6 Å². The zero-order valence-corrected chi connectivity index (χ0v) is 11.4. The molecule has 1 aliphatic heterocycles. The molecule has 0 saturated heterocycles. The highest BCUT2D eigenvalue weighted by atomic mass is 35.5. The highest BCUT2D eigenvalue weighted by molar-refractivity contribution is 6.29. The first kappa shape index (κ1) is 12.9. The van der Waals surface area contributed by atoms with Crippen molar-refractivity contribution in [2.24, 2.45) is 0 Å². The minimum Gasteiger partial charge on any atom is -0.480 e. The van der Waals surface area contributed by atoms with Crippen LogP contribution in [0.2, 0.25) is 5.15 Å². The summed E-state index contributed by atoms with van der Waals surface area (Å²) < 4.78 is 0. The summed E-state index contributed by atoms with van der Waals surface area (Å²) in [4.78, 5) is 13.3. The van der Waals surface area contributed by atoms with E-state index in [2.05, 4.69) is 10.2 Å². The van der Waals surface area contributed by atoms with Crippen LogP contribution in [0.1, 0.15) is 18.4 Å². The van der Waals surface area contributed by atoms with Crippen LogP contribution in [-0.4, -0.2) is 27.3 Å². The van der Waals surface area contributed by atoms with Crippen molar-refractivity contribution < 1.29 is 9.90 Å². The van der Waals surface area contributed by atoms with Gasteiger partial charge in [0.05, 0.1) is 0 Å². The van der Waals surface area contributed by atoms with Crippen LogP contribution in [-0.2, 0) is 4.79 Å². The van der Waals surface area contributed by atoms with Gasteiger partial charge in [0.2, 0.25) is 0 Å². The van der Waals surface area contributed by atoms with Gasteiger partial charge in [-0.05, 0) is 23.8 Å². The van der Waals surface area contributed by atoms with Crippen molar-refractivity contribution in [2.45, 2.75) is 18.9 Å². The predicted molar refractivity (Wildman–Crippen MR) is 75.5 cm³/mol. The molecule has 1 aliphatic rings. The molecule has 3 rings (SSSR count). The van der Waals surface area contributed by atoms with E-state index in [0.29, 0.717) is 5.82 Å². The van der Waals surface area contributed by atoms with Gasteiger partial charge in [0.25, 0.3) is 0 Å². The first-order valence-corrected chi connectivity index (χ1v) is 6.57. The maximum atomic E-state index is 11.6. The monoisotopic (exact) mass is 289 g/mol. The lowest BCUT2D eigenvalue weighted by Gasteiger charge is -2.24. The Bertz CT molecular complexity index is 660. The van der Waals surface area contributed by atoms with Gasteiger partial charge in [-0.15, -0.1) is 10.2 Å². The number of aromatic nitrogens is 2. The van der Waals surface area contributed by atoms with Crippen molar-refractivity contribution in [3.63, 3.8) is 0 Å². The number of aliphatic carboxylic acids is 1. The normalized spacial score (nSPS) is 20.8. The van der Waals surface area contributed by atoms with Gasteiger partial charge < -0.3 is 10.0 Å². The summed E-state index contributed by atoms with van der Waals surface area (Å²) in [5.41, 5.74) is 1.85. The second-order valence-corrected chi connectivity index (χ2v) is 5.10. The number of benzene rings is 1. The molecule has 0 saturated carbocycles. The van der Waals surface area contributed by atoms with E-state index >= 15 is 0 Å². The van der Waals surface area contributed by atoms with Gasteiger partial charge in [-0.3, -0.25) is 0 Å². The summed E-state index contributed by atoms with van der Waals surface area (Å²) in [5, 5.41) is 17.6. The molecule has 0 aliphatic carbocycles. The first-order valence-electron chi connectivity index (χ1n) is 6.20. The Balaban J connectivity index is 2.15. The van der Waals surface area contributed by atoms with Gasteiger partial charge in [-0.25, -0.2) is 4.79 Å². The lowest BCUT2D eigenvalue weighted by molar-refractivity contribution is -0.138. The molecule has 2 atom stereocenters.